The van der Waals surface area contributed by atoms with E-state index in [4.69, 9.17) is 0 Å². The van der Waals surface area contributed by atoms with Gasteiger partial charge >= 0.3 is 0 Å². The van der Waals surface area contributed by atoms with Crippen molar-refractivity contribution in [1.82, 2.24) is 9.97 Å². The molecular weight excluding hydrogens is 202 g/mol. The van der Waals surface area contributed by atoms with Gasteiger partial charge in [-0.3, -0.25) is 0 Å². The standard InChI is InChI=1S/C12H21N3O/c1-4-6-11(16)8-13-12-7-10(5-2)14-9(3)15-12/h7,11,16H,4-6,8H2,1-3H3,(H,13,14,15). The average Bonchev–Trinajstić information content (AvgIpc) is 2.26. The summed E-state index contributed by atoms with van der Waals surface area (Å²) in [6, 6.07) is 1.94. The second-order valence-corrected chi connectivity index (χ2v) is 3.97. The Hall–Kier alpha value is -1.16. The molecule has 4 nitrogen and oxygen atoms in total. The van der Waals surface area contributed by atoms with Crippen LogP contribution in [0.1, 0.15) is 38.2 Å². The van der Waals surface area contributed by atoms with E-state index in [2.05, 4.69) is 29.1 Å². The Morgan fingerprint density at radius 2 is 2.12 bits per heavy atom. The zero-order valence-electron chi connectivity index (χ0n) is 10.3. The van der Waals surface area contributed by atoms with E-state index in [0.29, 0.717) is 6.54 Å². The first-order valence-corrected chi connectivity index (χ1v) is 5.92. The fourth-order valence-electron chi connectivity index (χ4n) is 1.56. The maximum Gasteiger partial charge on any atom is 0.130 e. The third-order valence-electron chi connectivity index (χ3n) is 2.39. The second-order valence-electron chi connectivity index (χ2n) is 3.97. The molecule has 4 heteroatoms. The van der Waals surface area contributed by atoms with Crippen molar-refractivity contribution in [2.45, 2.75) is 46.1 Å². The lowest BCUT2D eigenvalue weighted by Gasteiger charge is -2.12. The van der Waals surface area contributed by atoms with Crippen molar-refractivity contribution in [3.63, 3.8) is 0 Å². The summed E-state index contributed by atoms with van der Waals surface area (Å²) in [6.07, 6.45) is 2.41. The van der Waals surface area contributed by atoms with Gasteiger partial charge < -0.3 is 10.4 Å². The maximum absolute atomic E-state index is 9.60. The third-order valence-corrected chi connectivity index (χ3v) is 2.39. The second kappa shape index (κ2) is 6.43. The highest BCUT2D eigenvalue weighted by atomic mass is 16.3. The van der Waals surface area contributed by atoms with Crippen LogP contribution >= 0.6 is 0 Å². The largest absolute Gasteiger partial charge is 0.391 e. The van der Waals surface area contributed by atoms with Crippen LogP contribution in [0.5, 0.6) is 0 Å². The summed E-state index contributed by atoms with van der Waals surface area (Å²) in [5, 5.41) is 12.7. The van der Waals surface area contributed by atoms with E-state index in [0.717, 1.165) is 36.6 Å². The number of nitrogens with zero attached hydrogens (tertiary/aromatic N) is 2. The molecule has 0 amide bonds. The van der Waals surface area contributed by atoms with Crippen molar-refractivity contribution in [3.05, 3.63) is 17.6 Å². The van der Waals surface area contributed by atoms with E-state index in [1.165, 1.54) is 0 Å². The number of anilines is 1. The molecule has 1 atom stereocenters. The van der Waals surface area contributed by atoms with Gasteiger partial charge in [0.05, 0.1) is 6.10 Å². The van der Waals surface area contributed by atoms with Crippen molar-refractivity contribution >= 4 is 5.82 Å². The minimum atomic E-state index is -0.301. The summed E-state index contributed by atoms with van der Waals surface area (Å²) in [5.41, 5.74) is 1.03. The number of hydrogen-bond acceptors (Lipinski definition) is 4. The third kappa shape index (κ3) is 4.14. The molecule has 90 valence electrons. The van der Waals surface area contributed by atoms with Gasteiger partial charge in [0.25, 0.3) is 0 Å². The molecule has 0 aliphatic rings. The number of aliphatic hydroxyl groups excluding tert-OH is 1. The molecule has 1 rings (SSSR count). The zero-order valence-corrected chi connectivity index (χ0v) is 10.3. The van der Waals surface area contributed by atoms with Gasteiger partial charge in [-0.1, -0.05) is 20.3 Å². The van der Waals surface area contributed by atoms with Crippen molar-refractivity contribution in [2.75, 3.05) is 11.9 Å². The van der Waals surface area contributed by atoms with Crippen LogP contribution in [0.25, 0.3) is 0 Å². The molecule has 1 aromatic heterocycles. The van der Waals surface area contributed by atoms with E-state index < -0.39 is 0 Å². The molecule has 0 bridgehead atoms. The predicted octanol–water partition coefficient (Wildman–Crippen LogP) is 1.92. The number of aryl methyl sites for hydroxylation is 2. The first-order chi connectivity index (χ1) is 7.65. The van der Waals surface area contributed by atoms with Crippen LogP contribution in [0, 0.1) is 6.92 Å². The molecule has 2 N–H and O–H groups in total. The van der Waals surface area contributed by atoms with Gasteiger partial charge in [-0.15, -0.1) is 0 Å². The maximum atomic E-state index is 9.60. The van der Waals surface area contributed by atoms with Crippen LogP contribution < -0.4 is 5.32 Å². The first-order valence-electron chi connectivity index (χ1n) is 5.92. The van der Waals surface area contributed by atoms with Crippen LogP contribution in [0.15, 0.2) is 6.07 Å². The SMILES string of the molecule is CCCC(O)CNc1cc(CC)nc(C)n1. The van der Waals surface area contributed by atoms with Crippen LogP contribution in [-0.4, -0.2) is 27.7 Å². The summed E-state index contributed by atoms with van der Waals surface area (Å²) in [7, 11) is 0. The predicted molar refractivity (Wildman–Crippen MR) is 65.6 cm³/mol. The lowest BCUT2D eigenvalue weighted by atomic mass is 10.2. The lowest BCUT2D eigenvalue weighted by Crippen LogP contribution is -2.20. The molecule has 0 saturated heterocycles. The molecule has 16 heavy (non-hydrogen) atoms. The molecule has 0 aliphatic carbocycles. The summed E-state index contributed by atoms with van der Waals surface area (Å²) < 4.78 is 0. The Morgan fingerprint density at radius 1 is 1.38 bits per heavy atom. The number of aromatic nitrogens is 2. The zero-order chi connectivity index (χ0) is 12.0. The summed E-state index contributed by atoms with van der Waals surface area (Å²) >= 11 is 0. The first kappa shape index (κ1) is 12.9. The Morgan fingerprint density at radius 3 is 2.75 bits per heavy atom. The van der Waals surface area contributed by atoms with Crippen molar-refractivity contribution in [3.8, 4) is 0 Å². The molecule has 0 saturated carbocycles. The minimum Gasteiger partial charge on any atom is -0.391 e. The smallest absolute Gasteiger partial charge is 0.130 e. The highest BCUT2D eigenvalue weighted by Crippen LogP contribution is 2.07. The van der Waals surface area contributed by atoms with Crippen molar-refractivity contribution in [2.24, 2.45) is 0 Å². The van der Waals surface area contributed by atoms with Gasteiger partial charge in [0.1, 0.15) is 11.6 Å². The fraction of sp³-hybridized carbons (Fsp3) is 0.667. The Kier molecular flexibility index (Phi) is 5.19. The van der Waals surface area contributed by atoms with Crippen LogP contribution in [0.3, 0.4) is 0 Å². The van der Waals surface area contributed by atoms with E-state index in [9.17, 15) is 5.11 Å². The van der Waals surface area contributed by atoms with Crippen LogP contribution in [-0.2, 0) is 6.42 Å². The number of hydrogen-bond donors (Lipinski definition) is 2. The summed E-state index contributed by atoms with van der Waals surface area (Å²) in [4.78, 5) is 8.58. The minimum absolute atomic E-state index is 0.301. The van der Waals surface area contributed by atoms with Crippen LogP contribution in [0.4, 0.5) is 5.82 Å². The molecule has 1 heterocycles. The molecule has 0 fully saturated rings. The van der Waals surface area contributed by atoms with Crippen LogP contribution in [0.2, 0.25) is 0 Å². The Bertz CT molecular complexity index is 328. The van der Waals surface area contributed by atoms with Gasteiger partial charge in [0, 0.05) is 18.3 Å². The lowest BCUT2D eigenvalue weighted by molar-refractivity contribution is 0.176. The summed E-state index contributed by atoms with van der Waals surface area (Å²) in [5.74, 6) is 1.58. The number of rotatable bonds is 6. The summed E-state index contributed by atoms with van der Waals surface area (Å²) in [6.45, 7) is 6.56. The van der Waals surface area contributed by atoms with Gasteiger partial charge in [-0.2, -0.15) is 0 Å². The van der Waals surface area contributed by atoms with Crippen molar-refractivity contribution in [1.29, 1.82) is 0 Å². The van der Waals surface area contributed by atoms with Gasteiger partial charge in [-0.25, -0.2) is 9.97 Å². The molecule has 0 aromatic carbocycles. The van der Waals surface area contributed by atoms with Gasteiger partial charge in [-0.05, 0) is 19.8 Å². The van der Waals surface area contributed by atoms with E-state index in [-0.39, 0.29) is 6.10 Å². The number of aliphatic hydroxyl groups is 1. The highest BCUT2D eigenvalue weighted by Gasteiger charge is 2.04. The number of nitrogens with one attached hydrogen (secondary N) is 1. The fourth-order valence-corrected chi connectivity index (χ4v) is 1.56. The topological polar surface area (TPSA) is 58.0 Å². The van der Waals surface area contributed by atoms with E-state index in [1.807, 2.05) is 13.0 Å². The monoisotopic (exact) mass is 223 g/mol. The Balaban J connectivity index is 2.56. The van der Waals surface area contributed by atoms with E-state index >= 15 is 0 Å². The molecule has 0 spiro atoms. The highest BCUT2D eigenvalue weighted by molar-refractivity contribution is 5.36. The Labute approximate surface area is 97.1 Å². The molecule has 0 radical (unpaired) electrons. The van der Waals surface area contributed by atoms with Gasteiger partial charge in [0.2, 0.25) is 0 Å². The van der Waals surface area contributed by atoms with Crippen molar-refractivity contribution < 1.29 is 5.11 Å². The molecular formula is C12H21N3O. The molecule has 1 aromatic rings. The van der Waals surface area contributed by atoms with E-state index in [1.54, 1.807) is 0 Å². The molecule has 1 unspecified atom stereocenters. The molecule has 0 aliphatic heterocycles. The van der Waals surface area contributed by atoms with Gasteiger partial charge in [0.15, 0.2) is 0 Å². The average molecular weight is 223 g/mol. The quantitative estimate of drug-likeness (QED) is 0.773. The normalized spacial score (nSPS) is 12.5.